The van der Waals surface area contributed by atoms with Crippen LogP contribution in [0.1, 0.15) is 39.5 Å². The first-order valence-electron chi connectivity index (χ1n) is 9.42. The lowest BCUT2D eigenvalue weighted by Crippen LogP contribution is -2.34. The van der Waals surface area contributed by atoms with Gasteiger partial charge in [-0.2, -0.15) is 10.2 Å². The lowest BCUT2D eigenvalue weighted by atomic mass is 10.2. The summed E-state index contributed by atoms with van der Waals surface area (Å²) in [7, 11) is 2.65. The van der Waals surface area contributed by atoms with Gasteiger partial charge in [-0.15, -0.1) is 0 Å². The molecule has 0 heterocycles. The van der Waals surface area contributed by atoms with Crippen LogP contribution in [-0.2, 0) is 0 Å². The Kier molecular flexibility index (Phi) is 13.3. The van der Waals surface area contributed by atoms with E-state index in [4.69, 9.17) is 24.4 Å². The van der Waals surface area contributed by atoms with Crippen molar-refractivity contribution in [2.75, 3.05) is 19.8 Å². The minimum atomic E-state index is 0.456. The molecule has 1 unspecified atom stereocenters. The molecular formula is C19H31N6PS2. The van der Waals surface area contributed by atoms with Crippen molar-refractivity contribution in [3.63, 3.8) is 0 Å². The second kappa shape index (κ2) is 15.3. The molecule has 1 atom stereocenters. The summed E-state index contributed by atoms with van der Waals surface area (Å²) in [6, 6.07) is 10.7. The number of rotatable bonds is 11. The number of hydrazone groups is 2. The first kappa shape index (κ1) is 24.4. The van der Waals surface area contributed by atoms with Gasteiger partial charge in [-0.3, -0.25) is 10.9 Å². The molecule has 28 heavy (non-hydrogen) atoms. The Bertz CT molecular complexity index is 664. The zero-order chi connectivity index (χ0) is 20.6. The minimum Gasteiger partial charge on any atom is -0.364 e. The Morgan fingerprint density at radius 3 is 2.14 bits per heavy atom. The van der Waals surface area contributed by atoms with Crippen molar-refractivity contribution in [2.45, 2.75) is 39.5 Å². The van der Waals surface area contributed by atoms with Crippen molar-refractivity contribution >= 4 is 60.0 Å². The molecule has 0 fully saturated rings. The van der Waals surface area contributed by atoms with Crippen molar-refractivity contribution in [3.05, 3.63) is 30.3 Å². The zero-order valence-electron chi connectivity index (χ0n) is 16.8. The molecule has 9 heteroatoms. The Morgan fingerprint density at radius 2 is 1.50 bits per heavy atom. The Labute approximate surface area is 181 Å². The summed E-state index contributed by atoms with van der Waals surface area (Å²) >= 11 is 10.2. The van der Waals surface area contributed by atoms with Gasteiger partial charge in [0.2, 0.25) is 0 Å². The van der Waals surface area contributed by atoms with Gasteiger partial charge in [0.1, 0.15) is 0 Å². The molecule has 154 valence electrons. The summed E-state index contributed by atoms with van der Waals surface area (Å²) in [5, 5.41) is 16.8. The SMILES string of the molecule is CNC(=S)N/N=C(C)\C(C)=N/NC(=S)NCCCCCCPc1ccccc1. The number of hydrogen-bond acceptors (Lipinski definition) is 4. The Hall–Kier alpha value is -1.63. The fraction of sp³-hybridized carbons (Fsp3) is 0.474. The third-order valence-corrected chi connectivity index (χ3v) is 5.77. The number of unbranched alkanes of at least 4 members (excludes halogenated alkanes) is 3. The van der Waals surface area contributed by atoms with Gasteiger partial charge < -0.3 is 10.6 Å². The standard InChI is InChI=1S/C19H31N6PS2/c1-15(22-24-18(27)20-3)16(2)23-25-19(28)21-13-9-4-5-10-14-26-17-11-7-6-8-12-17/h6-8,11-12,26H,4-5,9-10,13-14H2,1-3H3,(H2,20,24,27)(H2,21,25,28)/b22-15-,23-16-. The predicted molar refractivity (Wildman–Crippen MR) is 132 cm³/mol. The number of nitrogens with one attached hydrogen (secondary N) is 4. The van der Waals surface area contributed by atoms with Crippen LogP contribution in [0.5, 0.6) is 0 Å². The molecule has 0 aliphatic carbocycles. The van der Waals surface area contributed by atoms with Crippen LogP contribution >= 0.6 is 33.0 Å². The van der Waals surface area contributed by atoms with Gasteiger partial charge in [0, 0.05) is 13.6 Å². The van der Waals surface area contributed by atoms with E-state index in [0.717, 1.165) is 33.0 Å². The summed E-state index contributed by atoms with van der Waals surface area (Å²) in [5.74, 6) is 0. The van der Waals surface area contributed by atoms with Crippen molar-refractivity contribution in [3.8, 4) is 0 Å². The van der Waals surface area contributed by atoms with Gasteiger partial charge in [0.05, 0.1) is 11.4 Å². The Balaban J connectivity index is 2.07. The van der Waals surface area contributed by atoms with Gasteiger partial charge in [0.25, 0.3) is 0 Å². The smallest absolute Gasteiger partial charge is 0.186 e. The molecule has 0 aromatic heterocycles. The van der Waals surface area contributed by atoms with Gasteiger partial charge >= 0.3 is 0 Å². The second-order valence-corrected chi connectivity index (χ2v) is 8.41. The summed E-state index contributed by atoms with van der Waals surface area (Å²) < 4.78 is 0. The maximum Gasteiger partial charge on any atom is 0.186 e. The average Bonchev–Trinajstić information content (AvgIpc) is 2.72. The van der Waals surface area contributed by atoms with Crippen LogP contribution in [0.3, 0.4) is 0 Å². The van der Waals surface area contributed by atoms with E-state index in [9.17, 15) is 0 Å². The highest BCUT2D eigenvalue weighted by Gasteiger charge is 1.99. The summed E-state index contributed by atoms with van der Waals surface area (Å²) in [6.07, 6.45) is 6.13. The van der Waals surface area contributed by atoms with Gasteiger partial charge in [-0.05, 0) is 62.6 Å². The highest BCUT2D eigenvalue weighted by Crippen LogP contribution is 2.13. The van der Waals surface area contributed by atoms with Crippen LogP contribution in [0.15, 0.2) is 40.5 Å². The molecule has 1 rings (SSSR count). The third kappa shape index (κ3) is 12.0. The quantitative estimate of drug-likeness (QED) is 0.140. The fourth-order valence-electron chi connectivity index (χ4n) is 2.12. The van der Waals surface area contributed by atoms with Crippen molar-refractivity contribution in [1.82, 2.24) is 21.5 Å². The van der Waals surface area contributed by atoms with E-state index < -0.39 is 0 Å². The van der Waals surface area contributed by atoms with Gasteiger partial charge in [-0.1, -0.05) is 51.8 Å². The number of nitrogens with zero attached hydrogens (tertiary/aromatic N) is 2. The molecule has 0 radical (unpaired) electrons. The minimum absolute atomic E-state index is 0.456. The summed E-state index contributed by atoms with van der Waals surface area (Å²) in [4.78, 5) is 0. The molecule has 0 saturated heterocycles. The van der Waals surface area contributed by atoms with Crippen LogP contribution in [-0.4, -0.2) is 41.4 Å². The van der Waals surface area contributed by atoms with Crippen LogP contribution in [0.2, 0.25) is 0 Å². The molecule has 0 saturated carbocycles. The highest BCUT2D eigenvalue weighted by molar-refractivity contribution is 7.80. The predicted octanol–water partition coefficient (Wildman–Crippen LogP) is 2.86. The third-order valence-electron chi connectivity index (χ3n) is 3.89. The van der Waals surface area contributed by atoms with Crippen LogP contribution in [0, 0.1) is 0 Å². The van der Waals surface area contributed by atoms with E-state index >= 15 is 0 Å². The van der Waals surface area contributed by atoms with Crippen molar-refractivity contribution in [2.24, 2.45) is 10.2 Å². The van der Waals surface area contributed by atoms with E-state index in [2.05, 4.69) is 62.0 Å². The largest absolute Gasteiger partial charge is 0.364 e. The van der Waals surface area contributed by atoms with Crippen LogP contribution in [0.25, 0.3) is 0 Å². The fourth-order valence-corrected chi connectivity index (χ4v) is 3.46. The summed E-state index contributed by atoms with van der Waals surface area (Å²) in [6.45, 7) is 4.56. The first-order valence-corrected chi connectivity index (χ1v) is 11.4. The van der Waals surface area contributed by atoms with Gasteiger partial charge in [-0.25, -0.2) is 0 Å². The van der Waals surface area contributed by atoms with Crippen LogP contribution in [0.4, 0.5) is 0 Å². The van der Waals surface area contributed by atoms with Crippen molar-refractivity contribution < 1.29 is 0 Å². The molecule has 0 bridgehead atoms. The Morgan fingerprint density at radius 1 is 0.893 bits per heavy atom. The maximum absolute atomic E-state index is 5.24. The number of benzene rings is 1. The van der Waals surface area contributed by atoms with E-state index in [0.29, 0.717) is 10.2 Å². The van der Waals surface area contributed by atoms with Crippen LogP contribution < -0.4 is 26.8 Å². The van der Waals surface area contributed by atoms with E-state index in [1.165, 1.54) is 30.7 Å². The van der Waals surface area contributed by atoms with E-state index in [1.54, 1.807) is 7.05 Å². The normalized spacial score (nSPS) is 12.1. The second-order valence-electron chi connectivity index (χ2n) is 6.16. The zero-order valence-corrected chi connectivity index (χ0v) is 19.5. The molecule has 0 amide bonds. The maximum atomic E-state index is 5.24. The first-order chi connectivity index (χ1) is 13.5. The summed E-state index contributed by atoms with van der Waals surface area (Å²) in [5.41, 5.74) is 7.03. The number of hydrogen-bond donors (Lipinski definition) is 4. The molecule has 0 aliphatic rings. The van der Waals surface area contributed by atoms with Gasteiger partial charge in [0.15, 0.2) is 10.2 Å². The van der Waals surface area contributed by atoms with Crippen molar-refractivity contribution in [1.29, 1.82) is 0 Å². The molecule has 4 N–H and O–H groups in total. The lowest BCUT2D eigenvalue weighted by Gasteiger charge is -2.08. The molecule has 1 aromatic rings. The average molecular weight is 439 g/mol. The lowest BCUT2D eigenvalue weighted by molar-refractivity contribution is 0.654. The monoisotopic (exact) mass is 438 g/mol. The molecule has 6 nitrogen and oxygen atoms in total. The van der Waals surface area contributed by atoms with E-state index in [1.807, 2.05) is 13.8 Å². The topological polar surface area (TPSA) is 72.8 Å². The molecule has 1 aromatic carbocycles. The highest BCUT2D eigenvalue weighted by atomic mass is 32.1. The molecular weight excluding hydrogens is 407 g/mol. The number of thiocarbonyl (C=S) groups is 2. The molecule has 0 spiro atoms. The molecule has 0 aliphatic heterocycles. The van der Waals surface area contributed by atoms with E-state index in [-0.39, 0.29) is 0 Å².